The molecule has 0 bridgehead atoms. The molecule has 0 radical (unpaired) electrons. The molecule has 0 fully saturated rings. The Morgan fingerprint density at radius 2 is 2.21 bits per heavy atom. The van der Waals surface area contributed by atoms with Crippen LogP contribution in [0.1, 0.15) is 25.8 Å². The predicted octanol–water partition coefficient (Wildman–Crippen LogP) is 3.22. The molecule has 0 saturated heterocycles. The average molecular weight is 264 g/mol. The van der Waals surface area contributed by atoms with Gasteiger partial charge in [0.2, 0.25) is 0 Å². The van der Waals surface area contributed by atoms with Gasteiger partial charge in [-0.2, -0.15) is 0 Å². The van der Waals surface area contributed by atoms with Crippen LogP contribution < -0.4 is 9.47 Å². The lowest BCUT2D eigenvalue weighted by molar-refractivity contribution is -0.131. The summed E-state index contributed by atoms with van der Waals surface area (Å²) in [6.07, 6.45) is 3.65. The Hall–Kier alpha value is -1.97. The van der Waals surface area contributed by atoms with Crippen LogP contribution >= 0.6 is 0 Å². The van der Waals surface area contributed by atoms with Crippen LogP contribution in [0.25, 0.3) is 6.08 Å². The summed E-state index contributed by atoms with van der Waals surface area (Å²) in [4.78, 5) is 10.6. The highest BCUT2D eigenvalue weighted by Crippen LogP contribution is 2.26. The largest absolute Gasteiger partial charge is 0.497 e. The Bertz CT molecular complexity index is 451. The van der Waals surface area contributed by atoms with Crippen LogP contribution in [-0.2, 0) is 4.79 Å². The van der Waals surface area contributed by atoms with Gasteiger partial charge in [-0.05, 0) is 24.1 Å². The van der Waals surface area contributed by atoms with Gasteiger partial charge in [0, 0.05) is 17.7 Å². The van der Waals surface area contributed by atoms with E-state index in [2.05, 4.69) is 13.8 Å². The van der Waals surface area contributed by atoms with E-state index in [4.69, 9.17) is 14.6 Å². The lowest BCUT2D eigenvalue weighted by atomic mass is 10.1. The average Bonchev–Trinajstić information content (AvgIpc) is 2.42. The van der Waals surface area contributed by atoms with E-state index in [-0.39, 0.29) is 0 Å². The Morgan fingerprint density at radius 3 is 2.79 bits per heavy atom. The molecule has 0 aliphatic heterocycles. The van der Waals surface area contributed by atoms with Crippen molar-refractivity contribution in [1.82, 2.24) is 0 Å². The number of aliphatic carboxylic acids is 1. The molecule has 1 N–H and O–H groups in total. The van der Waals surface area contributed by atoms with Gasteiger partial charge in [0.1, 0.15) is 11.5 Å². The molecule has 0 spiro atoms. The number of hydrogen-bond donors (Lipinski definition) is 1. The van der Waals surface area contributed by atoms with E-state index in [1.807, 2.05) is 0 Å². The predicted molar refractivity (Wildman–Crippen MR) is 74.6 cm³/mol. The highest BCUT2D eigenvalue weighted by atomic mass is 16.5. The third-order valence-corrected chi connectivity index (χ3v) is 2.85. The molecule has 4 nitrogen and oxygen atoms in total. The monoisotopic (exact) mass is 264 g/mol. The fraction of sp³-hybridized carbons (Fsp3) is 0.400. The molecule has 0 aliphatic rings. The van der Waals surface area contributed by atoms with Crippen LogP contribution in [0.15, 0.2) is 24.3 Å². The number of carboxylic acid groups (broad SMARTS) is 1. The minimum atomic E-state index is -0.983. The first-order chi connectivity index (χ1) is 9.06. The first-order valence-electron chi connectivity index (χ1n) is 6.28. The third kappa shape index (κ3) is 5.04. The van der Waals surface area contributed by atoms with Crippen molar-refractivity contribution in [2.45, 2.75) is 20.3 Å². The van der Waals surface area contributed by atoms with Gasteiger partial charge < -0.3 is 14.6 Å². The summed E-state index contributed by atoms with van der Waals surface area (Å²) in [5, 5.41) is 8.67. The lowest BCUT2D eigenvalue weighted by Gasteiger charge is -2.14. The van der Waals surface area contributed by atoms with Crippen LogP contribution in [-0.4, -0.2) is 24.8 Å². The summed E-state index contributed by atoms with van der Waals surface area (Å²) >= 11 is 0. The van der Waals surface area contributed by atoms with E-state index in [0.29, 0.717) is 24.0 Å². The maximum absolute atomic E-state index is 10.6. The highest BCUT2D eigenvalue weighted by Gasteiger charge is 2.06. The smallest absolute Gasteiger partial charge is 0.328 e. The molecular formula is C15H20O4. The minimum absolute atomic E-state index is 0.447. The highest BCUT2D eigenvalue weighted by molar-refractivity contribution is 5.86. The molecule has 1 unspecified atom stereocenters. The van der Waals surface area contributed by atoms with Crippen LogP contribution in [0, 0.1) is 5.92 Å². The second kappa shape index (κ2) is 7.46. The molecule has 1 aromatic rings. The first-order valence-corrected chi connectivity index (χ1v) is 6.28. The fourth-order valence-electron chi connectivity index (χ4n) is 1.42. The number of ether oxygens (including phenoxy) is 2. The zero-order chi connectivity index (χ0) is 14.3. The van der Waals surface area contributed by atoms with E-state index >= 15 is 0 Å². The second-order valence-electron chi connectivity index (χ2n) is 4.40. The third-order valence-electron chi connectivity index (χ3n) is 2.85. The molecular weight excluding hydrogens is 244 g/mol. The van der Waals surface area contributed by atoms with Gasteiger partial charge in [-0.3, -0.25) is 0 Å². The van der Waals surface area contributed by atoms with Gasteiger partial charge >= 0.3 is 5.97 Å². The second-order valence-corrected chi connectivity index (χ2v) is 4.40. The lowest BCUT2D eigenvalue weighted by Crippen LogP contribution is -2.08. The van der Waals surface area contributed by atoms with Gasteiger partial charge in [0.05, 0.1) is 13.7 Å². The number of hydrogen-bond acceptors (Lipinski definition) is 3. The van der Waals surface area contributed by atoms with Crippen molar-refractivity contribution in [2.24, 2.45) is 5.92 Å². The van der Waals surface area contributed by atoms with E-state index in [0.717, 1.165) is 18.1 Å². The summed E-state index contributed by atoms with van der Waals surface area (Å²) < 4.78 is 10.9. The van der Waals surface area contributed by atoms with Crippen molar-refractivity contribution in [2.75, 3.05) is 13.7 Å². The molecule has 0 aliphatic carbocycles. The quantitative estimate of drug-likeness (QED) is 0.768. The van der Waals surface area contributed by atoms with Gasteiger partial charge in [0.25, 0.3) is 0 Å². The molecule has 0 amide bonds. The molecule has 104 valence electrons. The van der Waals surface area contributed by atoms with E-state index in [1.54, 1.807) is 25.3 Å². The van der Waals surface area contributed by atoms with Crippen molar-refractivity contribution < 1.29 is 19.4 Å². The standard InChI is InChI=1S/C15H20O4/c1-4-11(2)10-19-14-9-13(18-3)7-5-12(14)6-8-15(16)17/h5-9,11H,4,10H2,1-3H3,(H,16,17). The van der Waals surface area contributed by atoms with Crippen molar-refractivity contribution in [3.8, 4) is 11.5 Å². The summed E-state index contributed by atoms with van der Waals surface area (Å²) in [5.74, 6) is 0.787. The molecule has 4 heteroatoms. The van der Waals surface area contributed by atoms with Crippen molar-refractivity contribution in [3.05, 3.63) is 29.8 Å². The molecule has 0 aromatic heterocycles. The van der Waals surface area contributed by atoms with Crippen LogP contribution in [0.2, 0.25) is 0 Å². The number of methoxy groups -OCH3 is 1. The topological polar surface area (TPSA) is 55.8 Å². The number of carbonyl (C=O) groups is 1. The molecule has 1 aromatic carbocycles. The Morgan fingerprint density at radius 1 is 1.47 bits per heavy atom. The SMILES string of the molecule is CCC(C)COc1cc(OC)ccc1C=CC(=O)O. The van der Waals surface area contributed by atoms with Crippen LogP contribution in [0.4, 0.5) is 0 Å². The summed E-state index contributed by atoms with van der Waals surface area (Å²) in [6.45, 7) is 4.80. The maximum atomic E-state index is 10.6. The number of carboxylic acids is 1. The molecule has 0 saturated carbocycles. The Labute approximate surface area is 113 Å². The van der Waals surface area contributed by atoms with Gasteiger partial charge in [-0.25, -0.2) is 4.79 Å². The maximum Gasteiger partial charge on any atom is 0.328 e. The van der Waals surface area contributed by atoms with Crippen LogP contribution in [0.3, 0.4) is 0 Å². The van der Waals surface area contributed by atoms with Gasteiger partial charge in [-0.15, -0.1) is 0 Å². The normalized spacial score (nSPS) is 12.4. The zero-order valence-corrected chi connectivity index (χ0v) is 11.6. The van der Waals surface area contributed by atoms with Gasteiger partial charge in [-0.1, -0.05) is 20.3 Å². The molecule has 0 heterocycles. The zero-order valence-electron chi connectivity index (χ0n) is 11.6. The van der Waals surface area contributed by atoms with E-state index in [9.17, 15) is 4.79 Å². The molecule has 1 atom stereocenters. The summed E-state index contributed by atoms with van der Waals surface area (Å²) in [6, 6.07) is 5.33. The van der Waals surface area contributed by atoms with Crippen LogP contribution in [0.5, 0.6) is 11.5 Å². The number of rotatable bonds is 7. The fourth-order valence-corrected chi connectivity index (χ4v) is 1.42. The van der Waals surface area contributed by atoms with Gasteiger partial charge in [0.15, 0.2) is 0 Å². The number of benzene rings is 1. The summed E-state index contributed by atoms with van der Waals surface area (Å²) in [7, 11) is 1.58. The summed E-state index contributed by atoms with van der Waals surface area (Å²) in [5.41, 5.74) is 0.728. The van der Waals surface area contributed by atoms with Crippen molar-refractivity contribution in [1.29, 1.82) is 0 Å². The Kier molecular flexibility index (Phi) is 5.93. The van der Waals surface area contributed by atoms with Crippen molar-refractivity contribution in [3.63, 3.8) is 0 Å². The molecule has 19 heavy (non-hydrogen) atoms. The first kappa shape index (κ1) is 15.1. The molecule has 1 rings (SSSR count). The van der Waals surface area contributed by atoms with E-state index < -0.39 is 5.97 Å². The Balaban J connectivity index is 2.92. The minimum Gasteiger partial charge on any atom is -0.497 e. The van der Waals surface area contributed by atoms with E-state index in [1.165, 1.54) is 6.08 Å². The van der Waals surface area contributed by atoms with Crippen molar-refractivity contribution >= 4 is 12.0 Å².